The second kappa shape index (κ2) is 4.62. The summed E-state index contributed by atoms with van der Waals surface area (Å²) in [6.07, 6.45) is 1.60. The Hall–Kier alpha value is -2.09. The fourth-order valence-corrected chi connectivity index (χ4v) is 1.51. The van der Waals surface area contributed by atoms with E-state index in [1.165, 1.54) is 0 Å². The van der Waals surface area contributed by atoms with E-state index in [1.54, 1.807) is 18.3 Å². The van der Waals surface area contributed by atoms with Crippen molar-refractivity contribution in [3.63, 3.8) is 0 Å². The lowest BCUT2D eigenvalue weighted by molar-refractivity contribution is -0.354. The Morgan fingerprint density at radius 1 is 0.938 bits per heavy atom. The van der Waals surface area contributed by atoms with Crippen LogP contribution in [0.4, 0.5) is 5.69 Å². The zero-order chi connectivity index (χ0) is 11.4. The first-order valence-electron chi connectivity index (χ1n) is 5.19. The third-order valence-corrected chi connectivity index (χ3v) is 2.46. The van der Waals surface area contributed by atoms with Crippen LogP contribution >= 0.6 is 0 Å². The molecule has 2 aromatic rings. The van der Waals surface area contributed by atoms with Crippen molar-refractivity contribution in [3.05, 3.63) is 70.9 Å². The van der Waals surface area contributed by atoms with Gasteiger partial charge < -0.3 is 5.21 Å². The van der Waals surface area contributed by atoms with Gasteiger partial charge in [-0.2, -0.15) is 4.74 Å². The maximum absolute atomic E-state index is 11.8. The summed E-state index contributed by atoms with van der Waals surface area (Å²) in [6.45, 7) is 1.99. The van der Waals surface area contributed by atoms with Gasteiger partial charge in [0.2, 0.25) is 5.69 Å². The van der Waals surface area contributed by atoms with Crippen LogP contribution in [-0.2, 0) is 0 Å². The molecule has 2 aromatic carbocycles. The van der Waals surface area contributed by atoms with Crippen LogP contribution in [0.3, 0.4) is 0 Å². The molecule has 0 unspecified atom stereocenters. The minimum Gasteiger partial charge on any atom is -0.618 e. The molecule has 2 nitrogen and oxygen atoms in total. The number of benzene rings is 2. The molecular formula is C14H13NO. The van der Waals surface area contributed by atoms with Crippen LogP contribution in [-0.4, -0.2) is 11.0 Å². The molecule has 2 heteroatoms. The van der Waals surface area contributed by atoms with E-state index in [-0.39, 0.29) is 0 Å². The molecule has 0 spiro atoms. The SMILES string of the molecule is Cc1ccccc1C=[N+]([O-])c1ccccc1. The second-order valence-electron chi connectivity index (χ2n) is 3.65. The average molecular weight is 211 g/mol. The van der Waals surface area contributed by atoms with Crippen molar-refractivity contribution in [2.24, 2.45) is 0 Å². The van der Waals surface area contributed by atoms with Gasteiger partial charge in [-0.05, 0) is 18.6 Å². The molecule has 0 atom stereocenters. The summed E-state index contributed by atoms with van der Waals surface area (Å²) in [7, 11) is 0. The maximum Gasteiger partial charge on any atom is 0.216 e. The minimum absolute atomic E-state index is 0.644. The molecule has 0 aliphatic rings. The van der Waals surface area contributed by atoms with Crippen molar-refractivity contribution in [1.29, 1.82) is 0 Å². The molecule has 0 saturated carbocycles. The van der Waals surface area contributed by atoms with Gasteiger partial charge in [-0.15, -0.1) is 0 Å². The molecule has 16 heavy (non-hydrogen) atoms. The lowest BCUT2D eigenvalue weighted by Crippen LogP contribution is -1.99. The highest BCUT2D eigenvalue weighted by Gasteiger charge is 2.01. The van der Waals surface area contributed by atoms with E-state index in [9.17, 15) is 5.21 Å². The first-order valence-corrected chi connectivity index (χ1v) is 5.19. The Bertz CT molecular complexity index is 503. The van der Waals surface area contributed by atoms with Gasteiger partial charge in [0, 0.05) is 17.7 Å². The molecule has 0 fully saturated rings. The summed E-state index contributed by atoms with van der Waals surface area (Å²) in [5.41, 5.74) is 2.69. The van der Waals surface area contributed by atoms with Crippen LogP contribution < -0.4 is 0 Å². The average Bonchev–Trinajstić information content (AvgIpc) is 2.33. The topological polar surface area (TPSA) is 26.1 Å². The normalized spacial score (nSPS) is 11.4. The van der Waals surface area contributed by atoms with E-state index >= 15 is 0 Å². The van der Waals surface area contributed by atoms with Gasteiger partial charge in [0.25, 0.3) is 0 Å². The minimum atomic E-state index is 0.644. The largest absolute Gasteiger partial charge is 0.618 e. The maximum atomic E-state index is 11.8. The van der Waals surface area contributed by atoms with E-state index in [0.717, 1.165) is 15.9 Å². The zero-order valence-corrected chi connectivity index (χ0v) is 9.13. The number of hydrogen-bond donors (Lipinski definition) is 0. The van der Waals surface area contributed by atoms with Gasteiger partial charge in [-0.3, -0.25) is 0 Å². The highest BCUT2D eigenvalue weighted by molar-refractivity contribution is 5.78. The highest BCUT2D eigenvalue weighted by Crippen LogP contribution is 2.10. The third kappa shape index (κ3) is 2.28. The van der Waals surface area contributed by atoms with Crippen molar-refractivity contribution in [2.75, 3.05) is 0 Å². The van der Waals surface area contributed by atoms with Crippen LogP contribution in [0.1, 0.15) is 11.1 Å². The van der Waals surface area contributed by atoms with E-state index in [0.29, 0.717) is 5.69 Å². The third-order valence-electron chi connectivity index (χ3n) is 2.46. The Morgan fingerprint density at radius 2 is 1.56 bits per heavy atom. The van der Waals surface area contributed by atoms with E-state index in [1.807, 2.05) is 49.4 Å². The fourth-order valence-electron chi connectivity index (χ4n) is 1.51. The smallest absolute Gasteiger partial charge is 0.216 e. The van der Waals surface area contributed by atoms with Gasteiger partial charge >= 0.3 is 0 Å². The van der Waals surface area contributed by atoms with Gasteiger partial charge in [0.15, 0.2) is 6.21 Å². The van der Waals surface area contributed by atoms with Crippen LogP contribution in [0.5, 0.6) is 0 Å². The summed E-state index contributed by atoms with van der Waals surface area (Å²) in [4.78, 5) is 0. The van der Waals surface area contributed by atoms with E-state index in [4.69, 9.17) is 0 Å². The van der Waals surface area contributed by atoms with Crippen molar-refractivity contribution in [3.8, 4) is 0 Å². The molecule has 80 valence electrons. The van der Waals surface area contributed by atoms with Crippen LogP contribution in [0, 0.1) is 12.1 Å². The van der Waals surface area contributed by atoms with Crippen molar-refractivity contribution < 1.29 is 4.74 Å². The molecule has 0 saturated heterocycles. The highest BCUT2D eigenvalue weighted by atomic mass is 16.5. The Labute approximate surface area is 95.1 Å². The standard InChI is InChI=1S/C14H13NO/c1-12-7-5-6-8-13(12)11-15(16)14-9-3-2-4-10-14/h2-11H,1H3. The molecule has 0 heterocycles. The van der Waals surface area contributed by atoms with Crippen LogP contribution in [0.2, 0.25) is 0 Å². The molecule has 0 aromatic heterocycles. The number of rotatable bonds is 2. The Balaban J connectivity index is 2.36. The molecule has 2 rings (SSSR count). The first-order chi connectivity index (χ1) is 7.77. The molecule has 0 aliphatic carbocycles. The second-order valence-corrected chi connectivity index (χ2v) is 3.65. The summed E-state index contributed by atoms with van der Waals surface area (Å²) >= 11 is 0. The van der Waals surface area contributed by atoms with E-state index in [2.05, 4.69) is 0 Å². The van der Waals surface area contributed by atoms with Crippen LogP contribution in [0.25, 0.3) is 0 Å². The summed E-state index contributed by atoms with van der Waals surface area (Å²) < 4.78 is 0.891. The van der Waals surface area contributed by atoms with Crippen molar-refractivity contribution in [2.45, 2.75) is 6.92 Å². The first kappa shape index (κ1) is 10.4. The summed E-state index contributed by atoms with van der Waals surface area (Å²) in [6, 6.07) is 17.0. The van der Waals surface area contributed by atoms with Gasteiger partial charge in [0.1, 0.15) is 0 Å². The molecule has 0 amide bonds. The fraction of sp³-hybridized carbons (Fsp3) is 0.0714. The molecular weight excluding hydrogens is 198 g/mol. The van der Waals surface area contributed by atoms with Crippen molar-refractivity contribution in [1.82, 2.24) is 0 Å². The van der Waals surface area contributed by atoms with Gasteiger partial charge in [0.05, 0.1) is 0 Å². The molecule has 0 aliphatic heterocycles. The summed E-state index contributed by atoms with van der Waals surface area (Å²) in [5, 5.41) is 11.8. The predicted octanol–water partition coefficient (Wildman–Crippen LogP) is 3.26. The number of para-hydroxylation sites is 1. The Morgan fingerprint density at radius 3 is 2.25 bits per heavy atom. The molecule has 0 radical (unpaired) electrons. The zero-order valence-electron chi connectivity index (χ0n) is 9.13. The summed E-state index contributed by atoms with van der Waals surface area (Å²) in [5.74, 6) is 0. The number of aryl methyl sites for hydroxylation is 1. The lowest BCUT2D eigenvalue weighted by Gasteiger charge is -2.03. The number of hydrogen-bond acceptors (Lipinski definition) is 1. The van der Waals surface area contributed by atoms with Gasteiger partial charge in [-0.25, -0.2) is 0 Å². The lowest BCUT2D eigenvalue weighted by atomic mass is 10.1. The van der Waals surface area contributed by atoms with Crippen LogP contribution in [0.15, 0.2) is 54.6 Å². The van der Waals surface area contributed by atoms with Gasteiger partial charge in [-0.1, -0.05) is 36.4 Å². The van der Waals surface area contributed by atoms with Crippen molar-refractivity contribution >= 4 is 11.9 Å². The van der Waals surface area contributed by atoms with E-state index < -0.39 is 0 Å². The molecule has 0 N–H and O–H groups in total. The quantitative estimate of drug-likeness (QED) is 0.324. The monoisotopic (exact) mass is 211 g/mol. The molecule has 0 bridgehead atoms. The number of nitrogens with zero attached hydrogens (tertiary/aromatic N) is 1. The Kier molecular flexibility index (Phi) is 3.01. The predicted molar refractivity (Wildman–Crippen MR) is 66.1 cm³/mol.